The van der Waals surface area contributed by atoms with Crippen molar-refractivity contribution in [2.45, 2.75) is 18.2 Å². The topological polar surface area (TPSA) is 114 Å². The van der Waals surface area contributed by atoms with Gasteiger partial charge in [-0.15, -0.1) is 0 Å². The van der Waals surface area contributed by atoms with Crippen LogP contribution in [-0.4, -0.2) is 64.5 Å². The van der Waals surface area contributed by atoms with E-state index in [4.69, 9.17) is 9.47 Å². The number of sulfonamides is 1. The predicted octanol–water partition coefficient (Wildman–Crippen LogP) is 1.32. The molecular formula is C22H27N3O6S. The van der Waals surface area contributed by atoms with Gasteiger partial charge in [0.05, 0.1) is 30.9 Å². The molecule has 3 rings (SSSR count). The zero-order valence-corrected chi connectivity index (χ0v) is 18.9. The zero-order chi connectivity index (χ0) is 23.1. The molecule has 0 saturated carbocycles. The van der Waals surface area contributed by atoms with E-state index in [1.807, 2.05) is 13.0 Å². The molecule has 2 N–H and O–H groups in total. The summed E-state index contributed by atoms with van der Waals surface area (Å²) in [7, 11) is -2.06. The highest BCUT2D eigenvalue weighted by Gasteiger charge is 2.26. The van der Waals surface area contributed by atoms with Crippen molar-refractivity contribution in [1.29, 1.82) is 0 Å². The highest BCUT2D eigenvalue weighted by molar-refractivity contribution is 7.89. The molecule has 0 aliphatic carbocycles. The van der Waals surface area contributed by atoms with Gasteiger partial charge in [-0.1, -0.05) is 18.2 Å². The summed E-state index contributed by atoms with van der Waals surface area (Å²) in [5, 5.41) is 5.12. The number of nitrogens with zero attached hydrogens (tertiary/aromatic N) is 1. The molecule has 9 nitrogen and oxygen atoms in total. The third-order valence-electron chi connectivity index (χ3n) is 5.04. The number of benzene rings is 2. The van der Waals surface area contributed by atoms with E-state index < -0.39 is 21.8 Å². The van der Waals surface area contributed by atoms with Gasteiger partial charge in [0, 0.05) is 19.6 Å². The number of methoxy groups -OCH3 is 1. The number of hydrogen-bond acceptors (Lipinski definition) is 6. The Morgan fingerprint density at radius 2 is 1.75 bits per heavy atom. The Kier molecular flexibility index (Phi) is 7.84. The molecule has 172 valence electrons. The average Bonchev–Trinajstić information content (AvgIpc) is 2.80. The van der Waals surface area contributed by atoms with Gasteiger partial charge in [-0.2, -0.15) is 4.31 Å². The third-order valence-corrected chi connectivity index (χ3v) is 6.95. The number of amides is 2. The zero-order valence-electron chi connectivity index (χ0n) is 18.1. The van der Waals surface area contributed by atoms with Crippen molar-refractivity contribution in [3.05, 3.63) is 53.6 Å². The first kappa shape index (κ1) is 23.7. The first-order chi connectivity index (χ1) is 15.3. The van der Waals surface area contributed by atoms with Crippen LogP contribution in [0.2, 0.25) is 0 Å². The molecule has 2 amide bonds. The lowest BCUT2D eigenvalue weighted by atomic mass is 10.1. The van der Waals surface area contributed by atoms with Crippen molar-refractivity contribution in [2.24, 2.45) is 0 Å². The smallest absolute Gasteiger partial charge is 0.313 e. The fourth-order valence-electron chi connectivity index (χ4n) is 3.26. The largest absolute Gasteiger partial charge is 0.495 e. The van der Waals surface area contributed by atoms with Crippen LogP contribution in [0.3, 0.4) is 0 Å². The maximum Gasteiger partial charge on any atom is 0.313 e. The fraction of sp³-hybridized carbons (Fsp3) is 0.364. The van der Waals surface area contributed by atoms with Crippen LogP contribution >= 0.6 is 0 Å². The molecule has 0 radical (unpaired) electrons. The molecule has 0 aromatic heterocycles. The number of nitrogens with one attached hydrogen (secondary N) is 2. The lowest BCUT2D eigenvalue weighted by Crippen LogP contribution is -2.40. The number of carbonyl (C=O) groups excluding carboxylic acids is 2. The van der Waals surface area contributed by atoms with Gasteiger partial charge in [0.2, 0.25) is 10.0 Å². The Balaban J connectivity index is 1.51. The van der Waals surface area contributed by atoms with Gasteiger partial charge >= 0.3 is 11.8 Å². The fourth-order valence-corrected chi connectivity index (χ4v) is 4.67. The van der Waals surface area contributed by atoms with E-state index >= 15 is 0 Å². The van der Waals surface area contributed by atoms with Crippen molar-refractivity contribution < 1.29 is 27.5 Å². The third kappa shape index (κ3) is 5.84. The second kappa shape index (κ2) is 10.6. The molecule has 0 spiro atoms. The summed E-state index contributed by atoms with van der Waals surface area (Å²) < 4.78 is 37.1. The first-order valence-electron chi connectivity index (χ1n) is 10.2. The van der Waals surface area contributed by atoms with Crippen LogP contribution < -0.4 is 15.4 Å². The highest BCUT2D eigenvalue weighted by Crippen LogP contribution is 2.25. The van der Waals surface area contributed by atoms with Crippen molar-refractivity contribution in [3.8, 4) is 5.75 Å². The monoisotopic (exact) mass is 461 g/mol. The molecule has 2 aromatic rings. The quantitative estimate of drug-likeness (QED) is 0.601. The Morgan fingerprint density at radius 1 is 1.06 bits per heavy atom. The van der Waals surface area contributed by atoms with E-state index in [0.29, 0.717) is 44.2 Å². The van der Waals surface area contributed by atoms with Gasteiger partial charge in [0.1, 0.15) is 5.75 Å². The maximum atomic E-state index is 12.7. The van der Waals surface area contributed by atoms with Gasteiger partial charge in [-0.05, 0) is 48.7 Å². The molecule has 10 heteroatoms. The van der Waals surface area contributed by atoms with Crippen LogP contribution in [0.15, 0.2) is 47.4 Å². The Bertz CT molecular complexity index is 1060. The minimum absolute atomic E-state index is 0.221. The summed E-state index contributed by atoms with van der Waals surface area (Å²) in [4.78, 5) is 24.5. The Labute approximate surface area is 187 Å². The van der Waals surface area contributed by atoms with E-state index in [1.165, 1.54) is 11.4 Å². The number of ether oxygens (including phenoxy) is 2. The van der Waals surface area contributed by atoms with Crippen molar-refractivity contribution in [1.82, 2.24) is 9.62 Å². The summed E-state index contributed by atoms with van der Waals surface area (Å²) in [6.45, 7) is 3.56. The van der Waals surface area contributed by atoms with Crippen LogP contribution in [-0.2, 0) is 30.8 Å². The summed E-state index contributed by atoms with van der Waals surface area (Å²) in [6, 6.07) is 11.8. The first-order valence-corrected chi connectivity index (χ1v) is 11.7. The van der Waals surface area contributed by atoms with Gasteiger partial charge in [0.25, 0.3) is 0 Å². The van der Waals surface area contributed by atoms with E-state index in [9.17, 15) is 18.0 Å². The molecule has 1 fully saturated rings. The second-order valence-corrected chi connectivity index (χ2v) is 9.26. The number of anilines is 1. The summed E-state index contributed by atoms with van der Waals surface area (Å²) in [5.74, 6) is -1.09. The lowest BCUT2D eigenvalue weighted by molar-refractivity contribution is -0.136. The minimum Gasteiger partial charge on any atom is -0.495 e. The van der Waals surface area contributed by atoms with Crippen molar-refractivity contribution in [2.75, 3.05) is 45.3 Å². The van der Waals surface area contributed by atoms with E-state index in [-0.39, 0.29) is 11.4 Å². The van der Waals surface area contributed by atoms with Gasteiger partial charge < -0.3 is 20.1 Å². The molecular weight excluding hydrogens is 434 g/mol. The predicted molar refractivity (Wildman–Crippen MR) is 119 cm³/mol. The standard InChI is InChI=1S/C22H27N3O6S/c1-16-3-8-20(30-2)19(15-16)24-22(27)21(26)23-10-9-17-4-6-18(7-5-17)32(28,29)25-11-13-31-14-12-25/h3-8,15H,9-14H2,1-2H3,(H,23,26)(H,24,27). The van der Waals surface area contributed by atoms with Crippen LogP contribution in [0.1, 0.15) is 11.1 Å². The summed E-state index contributed by atoms with van der Waals surface area (Å²) in [6.07, 6.45) is 0.449. The number of hydrogen-bond donors (Lipinski definition) is 2. The van der Waals surface area contributed by atoms with E-state index in [0.717, 1.165) is 11.1 Å². The molecule has 0 atom stereocenters. The number of morpholine rings is 1. The van der Waals surface area contributed by atoms with E-state index in [1.54, 1.807) is 36.4 Å². The molecule has 2 aromatic carbocycles. The molecule has 1 heterocycles. The van der Waals surface area contributed by atoms with E-state index in [2.05, 4.69) is 10.6 Å². The van der Waals surface area contributed by atoms with Crippen molar-refractivity contribution in [3.63, 3.8) is 0 Å². The lowest BCUT2D eigenvalue weighted by Gasteiger charge is -2.26. The van der Waals surface area contributed by atoms with Gasteiger partial charge in [-0.3, -0.25) is 9.59 Å². The molecule has 0 bridgehead atoms. The number of rotatable bonds is 7. The normalized spacial score (nSPS) is 14.6. The van der Waals surface area contributed by atoms with Crippen LogP contribution in [0.5, 0.6) is 5.75 Å². The average molecular weight is 462 g/mol. The summed E-state index contributed by atoms with van der Waals surface area (Å²) >= 11 is 0. The van der Waals surface area contributed by atoms with Gasteiger partial charge in [0.15, 0.2) is 0 Å². The van der Waals surface area contributed by atoms with Crippen LogP contribution in [0.4, 0.5) is 5.69 Å². The molecule has 32 heavy (non-hydrogen) atoms. The van der Waals surface area contributed by atoms with Crippen molar-refractivity contribution >= 4 is 27.5 Å². The second-order valence-electron chi connectivity index (χ2n) is 7.32. The maximum absolute atomic E-state index is 12.7. The SMILES string of the molecule is COc1ccc(C)cc1NC(=O)C(=O)NCCc1ccc(S(=O)(=O)N2CCOCC2)cc1. The summed E-state index contributed by atoms with van der Waals surface area (Å²) in [5.41, 5.74) is 2.18. The molecule has 1 aliphatic rings. The molecule has 0 unspecified atom stereocenters. The number of aryl methyl sites for hydroxylation is 1. The number of carbonyl (C=O) groups is 2. The Hall–Kier alpha value is -2.95. The minimum atomic E-state index is -3.54. The Morgan fingerprint density at radius 3 is 2.41 bits per heavy atom. The molecule has 1 saturated heterocycles. The van der Waals surface area contributed by atoms with Crippen LogP contribution in [0.25, 0.3) is 0 Å². The van der Waals surface area contributed by atoms with Crippen LogP contribution in [0, 0.1) is 6.92 Å². The molecule has 1 aliphatic heterocycles. The highest BCUT2D eigenvalue weighted by atomic mass is 32.2. The van der Waals surface area contributed by atoms with Gasteiger partial charge in [-0.25, -0.2) is 8.42 Å².